The van der Waals surface area contributed by atoms with Crippen molar-refractivity contribution in [3.8, 4) is 0 Å². The average Bonchev–Trinajstić information content (AvgIpc) is 3.22. The highest BCUT2D eigenvalue weighted by atomic mass is 16.6. The van der Waals surface area contributed by atoms with Crippen molar-refractivity contribution < 1.29 is 23.8 Å². The highest BCUT2D eigenvalue weighted by Gasteiger charge is 2.17. The predicted octanol–water partition coefficient (Wildman–Crippen LogP) is 16.8. The Balaban J connectivity index is 4.11. The monoisotopic (exact) mass is 813 g/mol. The molecule has 5 nitrogen and oxygen atoms in total. The van der Waals surface area contributed by atoms with Gasteiger partial charge in [-0.3, -0.25) is 9.59 Å². The molecule has 0 fully saturated rings. The largest absolute Gasteiger partial charge is 0.462 e. The van der Waals surface area contributed by atoms with Gasteiger partial charge in [-0.2, -0.15) is 0 Å². The minimum atomic E-state index is -0.538. The number of carbonyl (C=O) groups excluding carboxylic acids is 2. The molecule has 338 valence electrons. The third-order valence-electron chi connectivity index (χ3n) is 10.8. The third-order valence-corrected chi connectivity index (χ3v) is 10.8. The molecule has 0 spiro atoms. The molecule has 0 aromatic carbocycles. The standard InChI is InChI=1S/C53H96O5/c1-4-7-10-13-16-18-20-22-24-25-26-27-28-30-32-34-36-39-42-45-48-56-49-51(58-53(55)47-44-41-37-15-12-9-6-3)50-57-52(54)46-43-40-38-35-33-31-29-23-21-19-17-14-11-8-5-2/h16-19,22-24,29,51H,4-15,20-21,25-28,30-50H2,1-3H3/b18-16-,19-17-,24-22-,29-23-. The Bertz CT molecular complexity index is 966. The van der Waals surface area contributed by atoms with Crippen molar-refractivity contribution in [2.24, 2.45) is 0 Å². The molecule has 58 heavy (non-hydrogen) atoms. The normalized spacial score (nSPS) is 12.5. The fourth-order valence-corrected chi connectivity index (χ4v) is 7.04. The quantitative estimate of drug-likeness (QED) is 0.0348. The average molecular weight is 813 g/mol. The smallest absolute Gasteiger partial charge is 0.306 e. The first-order valence-electron chi connectivity index (χ1n) is 25.2. The minimum Gasteiger partial charge on any atom is -0.462 e. The van der Waals surface area contributed by atoms with Crippen molar-refractivity contribution in [3.05, 3.63) is 48.6 Å². The van der Waals surface area contributed by atoms with Crippen LogP contribution in [0.3, 0.4) is 0 Å². The summed E-state index contributed by atoms with van der Waals surface area (Å²) in [5, 5.41) is 0. The summed E-state index contributed by atoms with van der Waals surface area (Å²) in [4.78, 5) is 25.2. The van der Waals surface area contributed by atoms with E-state index in [9.17, 15) is 9.59 Å². The van der Waals surface area contributed by atoms with Crippen LogP contribution in [-0.4, -0.2) is 37.9 Å². The summed E-state index contributed by atoms with van der Waals surface area (Å²) in [6.45, 7) is 7.74. The summed E-state index contributed by atoms with van der Waals surface area (Å²) in [6.07, 6.45) is 59.8. The van der Waals surface area contributed by atoms with Gasteiger partial charge in [0.1, 0.15) is 6.61 Å². The lowest BCUT2D eigenvalue weighted by atomic mass is 10.1. The molecule has 0 N–H and O–H groups in total. The van der Waals surface area contributed by atoms with Gasteiger partial charge in [0, 0.05) is 19.4 Å². The predicted molar refractivity (Wildman–Crippen MR) is 251 cm³/mol. The van der Waals surface area contributed by atoms with Gasteiger partial charge in [-0.25, -0.2) is 0 Å². The molecule has 1 atom stereocenters. The number of allylic oxidation sites excluding steroid dienone is 8. The Morgan fingerprint density at radius 1 is 0.379 bits per heavy atom. The summed E-state index contributed by atoms with van der Waals surface area (Å²) in [5.74, 6) is -0.414. The zero-order valence-corrected chi connectivity index (χ0v) is 38.8. The second-order valence-corrected chi connectivity index (χ2v) is 16.7. The maximum absolute atomic E-state index is 12.7. The van der Waals surface area contributed by atoms with E-state index in [1.54, 1.807) is 0 Å². The highest BCUT2D eigenvalue weighted by Crippen LogP contribution is 2.14. The number of hydrogen-bond donors (Lipinski definition) is 0. The van der Waals surface area contributed by atoms with Crippen molar-refractivity contribution >= 4 is 11.9 Å². The molecule has 0 radical (unpaired) electrons. The first-order valence-corrected chi connectivity index (χ1v) is 25.2. The summed E-state index contributed by atoms with van der Waals surface area (Å²) >= 11 is 0. The van der Waals surface area contributed by atoms with Gasteiger partial charge in [-0.15, -0.1) is 0 Å². The van der Waals surface area contributed by atoms with Gasteiger partial charge in [0.15, 0.2) is 6.10 Å². The molecule has 5 heteroatoms. The summed E-state index contributed by atoms with van der Waals surface area (Å²) in [7, 11) is 0. The summed E-state index contributed by atoms with van der Waals surface area (Å²) in [6, 6.07) is 0. The van der Waals surface area contributed by atoms with E-state index in [0.29, 0.717) is 19.4 Å². The molecule has 0 aromatic heterocycles. The molecule has 0 amide bonds. The fraction of sp³-hybridized carbons (Fsp3) is 0.811. The topological polar surface area (TPSA) is 61.8 Å². The van der Waals surface area contributed by atoms with E-state index in [-0.39, 0.29) is 25.2 Å². The van der Waals surface area contributed by atoms with Crippen molar-refractivity contribution in [1.82, 2.24) is 0 Å². The molecule has 0 bridgehead atoms. The number of carbonyl (C=O) groups is 2. The van der Waals surface area contributed by atoms with Gasteiger partial charge in [0.25, 0.3) is 0 Å². The molecule has 0 aromatic rings. The van der Waals surface area contributed by atoms with Crippen LogP contribution in [-0.2, 0) is 23.8 Å². The van der Waals surface area contributed by atoms with Crippen LogP contribution in [0.5, 0.6) is 0 Å². The van der Waals surface area contributed by atoms with Gasteiger partial charge in [0.2, 0.25) is 0 Å². The molecule has 0 aliphatic rings. The van der Waals surface area contributed by atoms with Crippen LogP contribution in [0.15, 0.2) is 48.6 Å². The van der Waals surface area contributed by atoms with Crippen molar-refractivity contribution in [3.63, 3.8) is 0 Å². The van der Waals surface area contributed by atoms with Crippen molar-refractivity contribution in [1.29, 1.82) is 0 Å². The maximum Gasteiger partial charge on any atom is 0.306 e. The van der Waals surface area contributed by atoms with E-state index in [4.69, 9.17) is 14.2 Å². The van der Waals surface area contributed by atoms with Crippen LogP contribution in [0.25, 0.3) is 0 Å². The van der Waals surface area contributed by atoms with Gasteiger partial charge in [0.05, 0.1) is 6.61 Å². The Hall–Kier alpha value is -2.14. The lowest BCUT2D eigenvalue weighted by Crippen LogP contribution is -2.30. The first kappa shape index (κ1) is 55.9. The Morgan fingerprint density at radius 3 is 1.17 bits per heavy atom. The molecule has 0 aliphatic carbocycles. The minimum absolute atomic E-state index is 0.0788. The number of ether oxygens (including phenoxy) is 3. The first-order chi connectivity index (χ1) is 28.6. The molecule has 0 rings (SSSR count). The number of esters is 2. The molecule has 0 saturated carbocycles. The van der Waals surface area contributed by atoms with Crippen LogP contribution >= 0.6 is 0 Å². The fourth-order valence-electron chi connectivity index (χ4n) is 7.04. The highest BCUT2D eigenvalue weighted by molar-refractivity contribution is 5.70. The number of hydrogen-bond acceptors (Lipinski definition) is 5. The van der Waals surface area contributed by atoms with Crippen LogP contribution in [0.4, 0.5) is 0 Å². The zero-order chi connectivity index (χ0) is 42.1. The van der Waals surface area contributed by atoms with Crippen LogP contribution in [0.2, 0.25) is 0 Å². The summed E-state index contributed by atoms with van der Waals surface area (Å²) in [5.41, 5.74) is 0. The number of unbranched alkanes of at least 4 members (excludes halogenated alkanes) is 27. The van der Waals surface area contributed by atoms with Crippen LogP contribution in [0, 0.1) is 0 Å². The van der Waals surface area contributed by atoms with Crippen LogP contribution in [0.1, 0.15) is 252 Å². The van der Waals surface area contributed by atoms with E-state index < -0.39 is 6.10 Å². The Morgan fingerprint density at radius 2 is 0.724 bits per heavy atom. The molecule has 0 aliphatic heterocycles. The third kappa shape index (κ3) is 46.5. The lowest BCUT2D eigenvalue weighted by molar-refractivity contribution is -0.163. The maximum atomic E-state index is 12.7. The zero-order valence-electron chi connectivity index (χ0n) is 38.8. The Kier molecular flexibility index (Phi) is 47.4. The molecule has 0 heterocycles. The Labute approximate surface area is 361 Å². The lowest BCUT2D eigenvalue weighted by Gasteiger charge is -2.18. The van der Waals surface area contributed by atoms with Crippen molar-refractivity contribution in [2.45, 2.75) is 258 Å². The van der Waals surface area contributed by atoms with E-state index in [2.05, 4.69) is 69.4 Å². The van der Waals surface area contributed by atoms with Gasteiger partial charge < -0.3 is 14.2 Å². The van der Waals surface area contributed by atoms with E-state index in [1.807, 2.05) is 0 Å². The van der Waals surface area contributed by atoms with Crippen LogP contribution < -0.4 is 0 Å². The van der Waals surface area contributed by atoms with Gasteiger partial charge >= 0.3 is 11.9 Å². The molecule has 0 saturated heterocycles. The second kappa shape index (κ2) is 49.2. The van der Waals surface area contributed by atoms with E-state index in [0.717, 1.165) is 64.2 Å². The molecule has 1 unspecified atom stereocenters. The second-order valence-electron chi connectivity index (χ2n) is 16.7. The molecular formula is C53H96O5. The van der Waals surface area contributed by atoms with E-state index >= 15 is 0 Å². The SMILES string of the molecule is CCCCC/C=C\C/C=C\CCCCCCCCCCCCOCC(COC(=O)CCCCCCC/C=C\C/C=C\CCCCC)OC(=O)CCCCCCCCC. The number of rotatable bonds is 46. The van der Waals surface area contributed by atoms with Gasteiger partial charge in [-0.1, -0.05) is 204 Å². The van der Waals surface area contributed by atoms with E-state index in [1.165, 1.54) is 154 Å². The van der Waals surface area contributed by atoms with Crippen molar-refractivity contribution in [2.75, 3.05) is 19.8 Å². The summed E-state index contributed by atoms with van der Waals surface area (Å²) < 4.78 is 17.3. The van der Waals surface area contributed by atoms with Gasteiger partial charge in [-0.05, 0) is 83.5 Å². The molecular weight excluding hydrogens is 717 g/mol.